The zero-order valence-corrected chi connectivity index (χ0v) is 19.3. The number of rotatable bonds is 9. The van der Waals surface area contributed by atoms with E-state index < -0.39 is 18.5 Å². The van der Waals surface area contributed by atoms with E-state index in [1.165, 1.54) is 11.3 Å². The lowest BCUT2D eigenvalue weighted by Crippen LogP contribution is -2.35. The van der Waals surface area contributed by atoms with E-state index in [0.29, 0.717) is 5.56 Å². The van der Waals surface area contributed by atoms with Gasteiger partial charge in [-0.25, -0.2) is 0 Å². The molecule has 2 aromatic rings. The van der Waals surface area contributed by atoms with Crippen LogP contribution < -0.4 is 10.6 Å². The third kappa shape index (κ3) is 7.32. The van der Waals surface area contributed by atoms with Crippen LogP contribution in [0.3, 0.4) is 0 Å². The summed E-state index contributed by atoms with van der Waals surface area (Å²) in [5.74, 6) is -1.72. The number of carbonyl (C=O) groups excluding carboxylic acids is 4. The Bertz CT molecular complexity index is 986. The van der Waals surface area contributed by atoms with Gasteiger partial charge in [0.2, 0.25) is 5.91 Å². The molecule has 166 valence electrons. The summed E-state index contributed by atoms with van der Waals surface area (Å²) < 4.78 is 4.90. The van der Waals surface area contributed by atoms with Crippen molar-refractivity contribution >= 4 is 40.6 Å². The van der Waals surface area contributed by atoms with Crippen LogP contribution >= 0.6 is 11.3 Å². The van der Waals surface area contributed by atoms with E-state index in [4.69, 9.17) is 4.74 Å². The zero-order valence-electron chi connectivity index (χ0n) is 18.5. The van der Waals surface area contributed by atoms with Crippen molar-refractivity contribution < 1.29 is 23.9 Å². The molecule has 0 saturated heterocycles. The lowest BCUT2D eigenvalue weighted by atomic mass is 10.1. The van der Waals surface area contributed by atoms with Crippen LogP contribution in [0.15, 0.2) is 18.2 Å². The maximum atomic E-state index is 12.2. The predicted molar refractivity (Wildman–Crippen MR) is 121 cm³/mol. The second-order valence-electron chi connectivity index (χ2n) is 7.51. The van der Waals surface area contributed by atoms with Crippen molar-refractivity contribution in [2.75, 3.05) is 18.5 Å². The van der Waals surface area contributed by atoms with Gasteiger partial charge in [-0.3, -0.25) is 19.2 Å². The molecule has 0 aliphatic carbocycles. The van der Waals surface area contributed by atoms with Crippen LogP contribution in [0, 0.1) is 34.6 Å². The summed E-state index contributed by atoms with van der Waals surface area (Å²) >= 11 is 1.53. The highest BCUT2D eigenvalue weighted by atomic mass is 32.1. The number of carbonyl (C=O) groups is 4. The van der Waals surface area contributed by atoms with Crippen LogP contribution in [0.2, 0.25) is 0 Å². The number of ether oxygens (including phenoxy) is 1. The third-order valence-corrected chi connectivity index (χ3v) is 5.62. The van der Waals surface area contributed by atoms with Gasteiger partial charge >= 0.3 is 5.97 Å². The molecule has 0 unspecified atom stereocenters. The first kappa shape index (κ1) is 24.3. The number of thiophene rings is 1. The number of nitrogens with one attached hydrogen (secondary N) is 2. The fourth-order valence-electron chi connectivity index (χ4n) is 3.27. The molecule has 8 heteroatoms. The second kappa shape index (κ2) is 10.9. The number of Topliss-reactive ketones (excluding diaryl/α,β-unsaturated/α-hetero) is 1. The standard InChI is InChI=1S/C23H28N2O5S/c1-13-8-14(2)23(15(3)9-13)25-20(27)11-24-21(28)12-30-22(29)7-6-19(26)18-10-16(4)31-17(18)5/h8-10H,6-7,11-12H2,1-5H3,(H,24,28)(H,25,27). The first-order valence-electron chi connectivity index (χ1n) is 9.97. The van der Waals surface area contributed by atoms with E-state index >= 15 is 0 Å². The van der Waals surface area contributed by atoms with Crippen LogP contribution in [-0.2, 0) is 19.1 Å². The molecule has 0 aliphatic heterocycles. The highest BCUT2D eigenvalue weighted by Gasteiger charge is 2.16. The summed E-state index contributed by atoms with van der Waals surface area (Å²) in [7, 11) is 0. The summed E-state index contributed by atoms with van der Waals surface area (Å²) in [5, 5.41) is 5.20. The van der Waals surface area contributed by atoms with Crippen molar-refractivity contribution in [3.63, 3.8) is 0 Å². The Morgan fingerprint density at radius 2 is 1.55 bits per heavy atom. The molecule has 31 heavy (non-hydrogen) atoms. The number of aryl methyl sites for hydroxylation is 5. The summed E-state index contributed by atoms with van der Waals surface area (Å²) in [5.41, 5.74) is 4.32. The molecule has 0 saturated carbocycles. The molecule has 0 fully saturated rings. The maximum Gasteiger partial charge on any atom is 0.306 e. The molecule has 7 nitrogen and oxygen atoms in total. The maximum absolute atomic E-state index is 12.2. The number of ketones is 1. The Labute approximate surface area is 186 Å². The van der Waals surface area contributed by atoms with Gasteiger partial charge in [-0.15, -0.1) is 11.3 Å². The molecule has 2 rings (SSSR count). The van der Waals surface area contributed by atoms with Crippen molar-refractivity contribution in [2.24, 2.45) is 0 Å². The van der Waals surface area contributed by atoms with Crippen LogP contribution in [-0.4, -0.2) is 36.7 Å². The SMILES string of the molecule is Cc1cc(C)c(NC(=O)CNC(=O)COC(=O)CCC(=O)c2cc(C)sc2C)c(C)c1. The summed E-state index contributed by atoms with van der Waals surface area (Å²) in [4.78, 5) is 49.9. The smallest absolute Gasteiger partial charge is 0.306 e. The second-order valence-corrected chi connectivity index (χ2v) is 8.97. The molecule has 2 amide bonds. The lowest BCUT2D eigenvalue weighted by Gasteiger charge is -2.13. The fourth-order valence-corrected chi connectivity index (χ4v) is 4.21. The van der Waals surface area contributed by atoms with Gasteiger partial charge in [0, 0.05) is 27.4 Å². The van der Waals surface area contributed by atoms with E-state index in [0.717, 1.165) is 32.1 Å². The Kier molecular flexibility index (Phi) is 8.50. The number of esters is 1. The van der Waals surface area contributed by atoms with Crippen LogP contribution in [0.1, 0.15) is 49.6 Å². The van der Waals surface area contributed by atoms with Gasteiger partial charge in [0.25, 0.3) is 5.91 Å². The van der Waals surface area contributed by atoms with Gasteiger partial charge in [-0.2, -0.15) is 0 Å². The largest absolute Gasteiger partial charge is 0.456 e. The predicted octanol–water partition coefficient (Wildman–Crippen LogP) is 3.55. The highest BCUT2D eigenvalue weighted by molar-refractivity contribution is 7.12. The number of benzene rings is 1. The number of amides is 2. The summed E-state index contributed by atoms with van der Waals surface area (Å²) in [6, 6.07) is 5.74. The Hall–Kier alpha value is -3.00. The molecule has 1 heterocycles. The molecule has 0 atom stereocenters. The van der Waals surface area contributed by atoms with Gasteiger partial charge in [0.05, 0.1) is 13.0 Å². The van der Waals surface area contributed by atoms with Gasteiger partial charge in [0.1, 0.15) is 0 Å². The molecule has 0 radical (unpaired) electrons. The monoisotopic (exact) mass is 444 g/mol. The van der Waals surface area contributed by atoms with E-state index in [2.05, 4.69) is 10.6 Å². The molecule has 2 N–H and O–H groups in total. The topological polar surface area (TPSA) is 102 Å². The average Bonchev–Trinajstić information content (AvgIpc) is 3.03. The van der Waals surface area contributed by atoms with E-state index in [-0.39, 0.29) is 31.1 Å². The first-order valence-corrected chi connectivity index (χ1v) is 10.8. The van der Waals surface area contributed by atoms with Crippen LogP contribution in [0.25, 0.3) is 0 Å². The number of hydrogen-bond acceptors (Lipinski definition) is 6. The molecular formula is C23H28N2O5S. The minimum absolute atomic E-state index is 0.0229. The van der Waals surface area contributed by atoms with Crippen LogP contribution in [0.4, 0.5) is 5.69 Å². The van der Waals surface area contributed by atoms with E-state index in [9.17, 15) is 19.2 Å². The lowest BCUT2D eigenvalue weighted by molar-refractivity contribution is -0.148. The molecule has 1 aromatic carbocycles. The van der Waals surface area contributed by atoms with Gasteiger partial charge in [0.15, 0.2) is 12.4 Å². The van der Waals surface area contributed by atoms with Crippen molar-refractivity contribution in [1.29, 1.82) is 0 Å². The average molecular weight is 445 g/mol. The van der Waals surface area contributed by atoms with Gasteiger partial charge < -0.3 is 15.4 Å². The Morgan fingerprint density at radius 1 is 0.903 bits per heavy atom. The molecule has 0 spiro atoms. The molecule has 0 bridgehead atoms. The number of hydrogen-bond donors (Lipinski definition) is 2. The zero-order chi connectivity index (χ0) is 23.1. The minimum atomic E-state index is -0.636. The van der Waals surface area contributed by atoms with Crippen molar-refractivity contribution in [3.8, 4) is 0 Å². The number of anilines is 1. The van der Waals surface area contributed by atoms with Crippen molar-refractivity contribution in [2.45, 2.75) is 47.5 Å². The van der Waals surface area contributed by atoms with E-state index in [1.807, 2.05) is 52.8 Å². The molecular weight excluding hydrogens is 416 g/mol. The van der Waals surface area contributed by atoms with Crippen LogP contribution in [0.5, 0.6) is 0 Å². The quantitative estimate of drug-likeness (QED) is 0.455. The Morgan fingerprint density at radius 3 is 2.13 bits per heavy atom. The van der Waals surface area contributed by atoms with Gasteiger partial charge in [-0.05, 0) is 51.8 Å². The van der Waals surface area contributed by atoms with Gasteiger partial charge in [-0.1, -0.05) is 17.7 Å². The molecule has 1 aromatic heterocycles. The first-order chi connectivity index (χ1) is 14.6. The summed E-state index contributed by atoms with van der Waals surface area (Å²) in [6.07, 6.45) is -0.0813. The summed E-state index contributed by atoms with van der Waals surface area (Å²) in [6.45, 7) is 8.83. The Balaban J connectivity index is 1.70. The van der Waals surface area contributed by atoms with Crippen molar-refractivity contribution in [1.82, 2.24) is 5.32 Å². The van der Waals surface area contributed by atoms with E-state index in [1.54, 1.807) is 0 Å². The third-order valence-electron chi connectivity index (χ3n) is 4.65. The fraction of sp³-hybridized carbons (Fsp3) is 0.391. The highest BCUT2D eigenvalue weighted by Crippen LogP contribution is 2.23. The minimum Gasteiger partial charge on any atom is -0.456 e. The normalized spacial score (nSPS) is 10.5. The van der Waals surface area contributed by atoms with Crippen molar-refractivity contribution in [3.05, 3.63) is 50.2 Å². The molecule has 0 aliphatic rings.